The second kappa shape index (κ2) is 5.26. The van der Waals surface area contributed by atoms with Crippen LogP contribution in [-0.2, 0) is 4.84 Å². The molecule has 0 aliphatic heterocycles. The van der Waals surface area contributed by atoms with Crippen molar-refractivity contribution < 1.29 is 9.94 Å². The first kappa shape index (κ1) is 9.46. The number of allylic oxidation sites excluding steroid dienone is 2. The molecule has 0 bridgehead atoms. The Morgan fingerprint density at radius 3 is 2.80 bits per heavy atom. The summed E-state index contributed by atoms with van der Waals surface area (Å²) >= 11 is 0. The zero-order valence-corrected chi connectivity index (χ0v) is 6.72. The van der Waals surface area contributed by atoms with Crippen LogP contribution in [0.15, 0.2) is 11.8 Å². The van der Waals surface area contributed by atoms with Crippen LogP contribution in [0.3, 0.4) is 0 Å². The van der Waals surface area contributed by atoms with Crippen molar-refractivity contribution in [2.24, 2.45) is 0 Å². The van der Waals surface area contributed by atoms with Crippen molar-refractivity contribution in [3.63, 3.8) is 0 Å². The molecule has 0 heterocycles. The summed E-state index contributed by atoms with van der Waals surface area (Å²) in [4.78, 5) is 4.88. The summed E-state index contributed by atoms with van der Waals surface area (Å²) in [6.45, 7) is 5.79. The SMILES string of the molecule is CC=C(C)NOCC(C)O. The standard InChI is InChI=1S/C7H15NO2/c1-4-6(2)8-10-5-7(3)9/h4,7-9H,5H2,1-3H3. The lowest BCUT2D eigenvalue weighted by Gasteiger charge is -2.07. The molecule has 0 saturated carbocycles. The highest BCUT2D eigenvalue weighted by atomic mass is 16.6. The Hall–Kier alpha value is -0.540. The van der Waals surface area contributed by atoms with Crippen molar-refractivity contribution >= 4 is 0 Å². The third-order valence-corrected chi connectivity index (χ3v) is 0.991. The molecule has 0 spiro atoms. The molecular weight excluding hydrogens is 130 g/mol. The van der Waals surface area contributed by atoms with Gasteiger partial charge in [0.1, 0.15) is 6.61 Å². The Morgan fingerprint density at radius 1 is 1.80 bits per heavy atom. The third kappa shape index (κ3) is 5.59. The Balaban J connectivity index is 3.20. The molecule has 60 valence electrons. The normalized spacial score (nSPS) is 15.0. The van der Waals surface area contributed by atoms with Gasteiger partial charge in [0.25, 0.3) is 0 Å². The van der Waals surface area contributed by atoms with Gasteiger partial charge in [-0.2, -0.15) is 0 Å². The van der Waals surface area contributed by atoms with E-state index in [0.717, 1.165) is 5.70 Å². The smallest absolute Gasteiger partial charge is 0.100 e. The number of rotatable bonds is 4. The van der Waals surface area contributed by atoms with Gasteiger partial charge in [0.15, 0.2) is 0 Å². The molecule has 3 nitrogen and oxygen atoms in total. The summed E-state index contributed by atoms with van der Waals surface area (Å²) in [6, 6.07) is 0. The van der Waals surface area contributed by atoms with Crippen LogP contribution in [0, 0.1) is 0 Å². The van der Waals surface area contributed by atoms with E-state index < -0.39 is 6.10 Å². The van der Waals surface area contributed by atoms with Gasteiger partial charge in [-0.1, -0.05) is 6.08 Å². The van der Waals surface area contributed by atoms with Crippen LogP contribution in [0.4, 0.5) is 0 Å². The van der Waals surface area contributed by atoms with Gasteiger partial charge in [0.2, 0.25) is 0 Å². The van der Waals surface area contributed by atoms with E-state index in [0.29, 0.717) is 6.61 Å². The molecule has 0 aromatic carbocycles. The average Bonchev–Trinajstić information content (AvgIpc) is 1.87. The van der Waals surface area contributed by atoms with Crippen LogP contribution in [-0.4, -0.2) is 17.8 Å². The second-order valence-corrected chi connectivity index (χ2v) is 2.23. The molecule has 0 aliphatic rings. The fourth-order valence-corrected chi connectivity index (χ4v) is 0.335. The van der Waals surface area contributed by atoms with Gasteiger partial charge in [0.05, 0.1) is 6.10 Å². The number of aliphatic hydroxyl groups excluding tert-OH is 1. The third-order valence-electron chi connectivity index (χ3n) is 0.991. The molecule has 0 aromatic rings. The quantitative estimate of drug-likeness (QED) is 0.575. The van der Waals surface area contributed by atoms with Crippen molar-refractivity contribution in [3.8, 4) is 0 Å². The molecule has 0 rings (SSSR count). The Kier molecular flexibility index (Phi) is 4.98. The molecule has 1 unspecified atom stereocenters. The number of nitrogens with one attached hydrogen (secondary N) is 1. The van der Waals surface area contributed by atoms with E-state index in [1.165, 1.54) is 0 Å². The number of hydrogen-bond acceptors (Lipinski definition) is 3. The highest BCUT2D eigenvalue weighted by molar-refractivity contribution is 4.88. The predicted octanol–water partition coefficient (Wildman–Crippen LogP) is 0.812. The molecule has 3 heteroatoms. The second-order valence-electron chi connectivity index (χ2n) is 2.23. The fraction of sp³-hybridized carbons (Fsp3) is 0.714. The first-order valence-corrected chi connectivity index (χ1v) is 3.35. The van der Waals surface area contributed by atoms with Gasteiger partial charge in [-0.3, -0.25) is 10.3 Å². The molecular formula is C7H15NO2. The van der Waals surface area contributed by atoms with E-state index in [1.807, 2.05) is 19.9 Å². The summed E-state index contributed by atoms with van der Waals surface area (Å²) in [7, 11) is 0. The minimum Gasteiger partial charge on any atom is -0.391 e. The van der Waals surface area contributed by atoms with E-state index in [-0.39, 0.29) is 0 Å². The van der Waals surface area contributed by atoms with Crippen LogP contribution in [0.5, 0.6) is 0 Å². The van der Waals surface area contributed by atoms with Gasteiger partial charge < -0.3 is 5.11 Å². The van der Waals surface area contributed by atoms with E-state index in [1.54, 1.807) is 6.92 Å². The molecule has 0 radical (unpaired) electrons. The van der Waals surface area contributed by atoms with Crippen molar-refractivity contribution in [2.45, 2.75) is 26.9 Å². The minimum atomic E-state index is -0.419. The fourth-order valence-electron chi connectivity index (χ4n) is 0.335. The maximum atomic E-state index is 8.75. The van der Waals surface area contributed by atoms with Gasteiger partial charge in [-0.05, 0) is 20.8 Å². The lowest BCUT2D eigenvalue weighted by molar-refractivity contribution is 0.00144. The monoisotopic (exact) mass is 145 g/mol. The summed E-state index contributed by atoms with van der Waals surface area (Å²) in [5.74, 6) is 0. The maximum Gasteiger partial charge on any atom is 0.100 e. The first-order chi connectivity index (χ1) is 4.66. The van der Waals surface area contributed by atoms with Crippen molar-refractivity contribution in [2.75, 3.05) is 6.61 Å². The first-order valence-electron chi connectivity index (χ1n) is 3.35. The van der Waals surface area contributed by atoms with Crippen LogP contribution in [0.25, 0.3) is 0 Å². The van der Waals surface area contributed by atoms with Crippen LogP contribution in [0.1, 0.15) is 20.8 Å². The average molecular weight is 145 g/mol. The van der Waals surface area contributed by atoms with Gasteiger partial charge in [-0.25, -0.2) is 0 Å². The summed E-state index contributed by atoms with van der Waals surface area (Å²) < 4.78 is 0. The Bertz CT molecular complexity index is 110. The molecule has 2 N–H and O–H groups in total. The molecule has 0 amide bonds. The molecule has 10 heavy (non-hydrogen) atoms. The summed E-state index contributed by atoms with van der Waals surface area (Å²) in [5, 5.41) is 8.75. The lowest BCUT2D eigenvalue weighted by atomic mass is 10.4. The van der Waals surface area contributed by atoms with E-state index in [2.05, 4.69) is 5.48 Å². The maximum absolute atomic E-state index is 8.75. The topological polar surface area (TPSA) is 41.5 Å². The molecule has 0 saturated heterocycles. The molecule has 1 atom stereocenters. The van der Waals surface area contributed by atoms with Gasteiger partial charge >= 0.3 is 0 Å². The van der Waals surface area contributed by atoms with Crippen LogP contribution >= 0.6 is 0 Å². The van der Waals surface area contributed by atoms with Gasteiger partial charge in [-0.15, -0.1) is 0 Å². The Morgan fingerprint density at radius 2 is 2.40 bits per heavy atom. The highest BCUT2D eigenvalue weighted by Gasteiger charge is 1.93. The largest absolute Gasteiger partial charge is 0.391 e. The highest BCUT2D eigenvalue weighted by Crippen LogP contribution is 1.86. The lowest BCUT2D eigenvalue weighted by Crippen LogP contribution is -2.19. The Labute approximate surface area is 61.7 Å². The summed E-state index contributed by atoms with van der Waals surface area (Å²) in [5.41, 5.74) is 3.61. The molecule has 0 fully saturated rings. The van der Waals surface area contributed by atoms with E-state index in [9.17, 15) is 0 Å². The van der Waals surface area contributed by atoms with Crippen molar-refractivity contribution in [1.82, 2.24) is 5.48 Å². The zero-order chi connectivity index (χ0) is 7.98. The number of hydroxylamine groups is 1. The van der Waals surface area contributed by atoms with Crippen molar-refractivity contribution in [3.05, 3.63) is 11.8 Å². The van der Waals surface area contributed by atoms with E-state index >= 15 is 0 Å². The van der Waals surface area contributed by atoms with Gasteiger partial charge in [0, 0.05) is 5.70 Å². The number of aliphatic hydroxyl groups is 1. The summed E-state index contributed by atoms with van der Waals surface area (Å²) in [6.07, 6.45) is 1.47. The van der Waals surface area contributed by atoms with Crippen LogP contribution in [0.2, 0.25) is 0 Å². The van der Waals surface area contributed by atoms with Crippen LogP contribution < -0.4 is 5.48 Å². The minimum absolute atomic E-state index is 0.311. The predicted molar refractivity (Wildman–Crippen MR) is 40.2 cm³/mol. The number of hydrogen-bond donors (Lipinski definition) is 2. The van der Waals surface area contributed by atoms with E-state index in [4.69, 9.17) is 9.94 Å². The zero-order valence-electron chi connectivity index (χ0n) is 6.72. The molecule has 0 aliphatic carbocycles. The van der Waals surface area contributed by atoms with Crippen molar-refractivity contribution in [1.29, 1.82) is 0 Å². The molecule has 0 aromatic heterocycles.